The number of hydrogen-bond acceptors (Lipinski definition) is 4. The second-order valence-corrected chi connectivity index (χ2v) is 5.98. The molecular formula is C17H27ClN2O3. The third-order valence-electron chi connectivity index (χ3n) is 4.42. The number of nitrogens with one attached hydrogen (secondary N) is 1. The molecule has 0 saturated heterocycles. The van der Waals surface area contributed by atoms with Gasteiger partial charge in [-0.15, -0.1) is 12.4 Å². The average Bonchev–Trinajstić information content (AvgIpc) is 2.51. The van der Waals surface area contributed by atoms with E-state index in [1.165, 1.54) is 12.8 Å². The van der Waals surface area contributed by atoms with Crippen LogP contribution in [0.5, 0.6) is 11.5 Å². The molecule has 0 aromatic heterocycles. The van der Waals surface area contributed by atoms with E-state index < -0.39 is 0 Å². The Bertz CT molecular complexity index is 537. The molecule has 1 saturated carbocycles. The molecule has 0 spiro atoms. The maximum Gasteiger partial charge on any atom is 0.224 e. The van der Waals surface area contributed by atoms with Gasteiger partial charge in [0.15, 0.2) is 11.5 Å². The summed E-state index contributed by atoms with van der Waals surface area (Å²) in [5.41, 5.74) is 7.82. The highest BCUT2D eigenvalue weighted by molar-refractivity contribution is 5.92. The Morgan fingerprint density at radius 1 is 1.22 bits per heavy atom. The molecule has 2 unspecified atom stereocenters. The summed E-state index contributed by atoms with van der Waals surface area (Å²) in [5.74, 6) is 1.57. The Kier molecular flexibility index (Phi) is 7.65. The smallest absolute Gasteiger partial charge is 0.224 e. The van der Waals surface area contributed by atoms with Gasteiger partial charge in [0.2, 0.25) is 5.91 Å². The van der Waals surface area contributed by atoms with Gasteiger partial charge in [-0.2, -0.15) is 0 Å². The van der Waals surface area contributed by atoms with Crippen LogP contribution in [0.3, 0.4) is 0 Å². The predicted octanol–water partition coefficient (Wildman–Crippen LogP) is 3.28. The van der Waals surface area contributed by atoms with Crippen molar-refractivity contribution in [2.75, 3.05) is 19.5 Å². The number of methoxy groups -OCH3 is 2. The molecule has 2 rings (SSSR count). The summed E-state index contributed by atoms with van der Waals surface area (Å²) in [5, 5.41) is 2.97. The molecule has 1 amide bonds. The molecule has 1 aromatic rings. The van der Waals surface area contributed by atoms with E-state index >= 15 is 0 Å². The minimum absolute atomic E-state index is 0. The highest BCUT2D eigenvalue weighted by atomic mass is 35.5. The summed E-state index contributed by atoms with van der Waals surface area (Å²) in [6, 6.07) is 3.80. The van der Waals surface area contributed by atoms with Gasteiger partial charge >= 0.3 is 0 Å². The van der Waals surface area contributed by atoms with Gasteiger partial charge in [0.05, 0.1) is 14.2 Å². The first-order valence-electron chi connectivity index (χ1n) is 7.83. The van der Waals surface area contributed by atoms with Crippen LogP contribution in [0.15, 0.2) is 12.1 Å². The molecule has 2 atom stereocenters. The SMILES string of the molecule is COc1cc(C)c(NC(=O)CC2CCCCC2N)cc1OC.Cl. The van der Waals surface area contributed by atoms with Gasteiger partial charge in [-0.05, 0) is 37.3 Å². The first-order valence-corrected chi connectivity index (χ1v) is 7.83. The van der Waals surface area contributed by atoms with Gasteiger partial charge < -0.3 is 20.5 Å². The Hall–Kier alpha value is -1.46. The number of carbonyl (C=O) groups excluding carboxylic acids is 1. The van der Waals surface area contributed by atoms with E-state index in [0.29, 0.717) is 17.9 Å². The highest BCUT2D eigenvalue weighted by Gasteiger charge is 2.24. The molecular weight excluding hydrogens is 316 g/mol. The second kappa shape index (κ2) is 8.99. The van der Waals surface area contributed by atoms with E-state index in [-0.39, 0.29) is 30.3 Å². The molecule has 130 valence electrons. The minimum Gasteiger partial charge on any atom is -0.493 e. The Morgan fingerprint density at radius 3 is 2.43 bits per heavy atom. The predicted molar refractivity (Wildman–Crippen MR) is 94.7 cm³/mol. The first kappa shape index (κ1) is 19.6. The Balaban J connectivity index is 0.00000264. The molecule has 0 bridgehead atoms. The monoisotopic (exact) mass is 342 g/mol. The zero-order valence-corrected chi connectivity index (χ0v) is 14.9. The zero-order chi connectivity index (χ0) is 16.1. The summed E-state index contributed by atoms with van der Waals surface area (Å²) in [6.45, 7) is 1.93. The van der Waals surface area contributed by atoms with Crippen LogP contribution in [0.25, 0.3) is 0 Å². The summed E-state index contributed by atoms with van der Waals surface area (Å²) in [6.07, 6.45) is 4.89. The fraction of sp³-hybridized carbons (Fsp3) is 0.588. The lowest BCUT2D eigenvalue weighted by Crippen LogP contribution is -2.35. The standard InChI is InChI=1S/C17H26N2O3.ClH/c1-11-8-15(21-2)16(22-3)10-14(11)19-17(20)9-12-6-4-5-7-13(12)18;/h8,10,12-13H,4-7,9,18H2,1-3H3,(H,19,20);1H. The van der Waals surface area contributed by atoms with Crippen LogP contribution in [0.4, 0.5) is 5.69 Å². The van der Waals surface area contributed by atoms with Crippen LogP contribution in [0.2, 0.25) is 0 Å². The van der Waals surface area contributed by atoms with Crippen molar-refractivity contribution >= 4 is 24.0 Å². The lowest BCUT2D eigenvalue weighted by Gasteiger charge is -2.28. The van der Waals surface area contributed by atoms with Crippen LogP contribution < -0.4 is 20.5 Å². The number of carbonyl (C=O) groups is 1. The van der Waals surface area contributed by atoms with Crippen molar-refractivity contribution in [3.63, 3.8) is 0 Å². The van der Waals surface area contributed by atoms with Crippen LogP contribution in [-0.2, 0) is 4.79 Å². The van der Waals surface area contributed by atoms with Crippen LogP contribution in [0.1, 0.15) is 37.7 Å². The number of halogens is 1. The summed E-state index contributed by atoms with van der Waals surface area (Å²) in [7, 11) is 3.18. The topological polar surface area (TPSA) is 73.6 Å². The van der Waals surface area contributed by atoms with Gasteiger partial charge in [-0.1, -0.05) is 12.8 Å². The van der Waals surface area contributed by atoms with Crippen molar-refractivity contribution < 1.29 is 14.3 Å². The number of nitrogens with two attached hydrogens (primary N) is 1. The number of anilines is 1. The van der Waals surface area contributed by atoms with Crippen LogP contribution >= 0.6 is 12.4 Å². The third kappa shape index (κ3) is 5.01. The highest BCUT2D eigenvalue weighted by Crippen LogP contribution is 2.33. The van der Waals surface area contributed by atoms with Crippen molar-refractivity contribution in [2.24, 2.45) is 11.7 Å². The quantitative estimate of drug-likeness (QED) is 0.861. The number of benzene rings is 1. The number of amides is 1. The van der Waals surface area contributed by atoms with Crippen molar-refractivity contribution in [3.05, 3.63) is 17.7 Å². The van der Waals surface area contributed by atoms with E-state index in [9.17, 15) is 4.79 Å². The summed E-state index contributed by atoms with van der Waals surface area (Å²) in [4.78, 5) is 12.3. The van der Waals surface area contributed by atoms with Gasteiger partial charge in [-0.25, -0.2) is 0 Å². The van der Waals surface area contributed by atoms with Crippen molar-refractivity contribution in [1.82, 2.24) is 0 Å². The third-order valence-corrected chi connectivity index (χ3v) is 4.42. The number of aryl methyl sites for hydroxylation is 1. The molecule has 0 aliphatic heterocycles. The number of hydrogen-bond donors (Lipinski definition) is 2. The lowest BCUT2D eigenvalue weighted by molar-refractivity contribution is -0.117. The van der Waals surface area contributed by atoms with Crippen molar-refractivity contribution in [3.8, 4) is 11.5 Å². The Morgan fingerprint density at radius 2 is 1.83 bits per heavy atom. The maximum absolute atomic E-state index is 12.3. The second-order valence-electron chi connectivity index (χ2n) is 5.98. The fourth-order valence-electron chi connectivity index (χ4n) is 3.04. The molecule has 0 radical (unpaired) electrons. The number of ether oxygens (including phenoxy) is 2. The summed E-state index contributed by atoms with van der Waals surface area (Å²) < 4.78 is 10.5. The van der Waals surface area contributed by atoms with Crippen molar-refractivity contribution in [2.45, 2.75) is 45.1 Å². The van der Waals surface area contributed by atoms with Gasteiger partial charge in [0, 0.05) is 24.2 Å². The van der Waals surface area contributed by atoms with Gasteiger partial charge in [0.1, 0.15) is 0 Å². The zero-order valence-electron chi connectivity index (χ0n) is 14.1. The summed E-state index contributed by atoms with van der Waals surface area (Å²) >= 11 is 0. The molecule has 6 heteroatoms. The Labute approximate surface area is 144 Å². The van der Waals surface area contributed by atoms with E-state index in [2.05, 4.69) is 5.32 Å². The van der Waals surface area contributed by atoms with Gasteiger partial charge in [0.25, 0.3) is 0 Å². The van der Waals surface area contributed by atoms with E-state index in [0.717, 1.165) is 24.1 Å². The molecule has 3 N–H and O–H groups in total. The molecule has 1 aliphatic rings. The molecule has 1 aromatic carbocycles. The van der Waals surface area contributed by atoms with E-state index in [1.807, 2.05) is 13.0 Å². The minimum atomic E-state index is 0. The van der Waals surface area contributed by atoms with Crippen molar-refractivity contribution in [1.29, 1.82) is 0 Å². The molecule has 5 nitrogen and oxygen atoms in total. The first-order chi connectivity index (χ1) is 10.5. The van der Waals surface area contributed by atoms with Crippen LogP contribution in [0, 0.1) is 12.8 Å². The van der Waals surface area contributed by atoms with Gasteiger partial charge in [-0.3, -0.25) is 4.79 Å². The molecule has 1 aliphatic carbocycles. The maximum atomic E-state index is 12.3. The average molecular weight is 343 g/mol. The van der Waals surface area contributed by atoms with E-state index in [1.54, 1.807) is 20.3 Å². The molecule has 23 heavy (non-hydrogen) atoms. The normalized spacial score (nSPS) is 20.3. The largest absolute Gasteiger partial charge is 0.493 e. The lowest BCUT2D eigenvalue weighted by atomic mass is 9.83. The molecule has 0 heterocycles. The fourth-order valence-corrected chi connectivity index (χ4v) is 3.04. The van der Waals surface area contributed by atoms with Crippen LogP contribution in [-0.4, -0.2) is 26.2 Å². The van der Waals surface area contributed by atoms with E-state index in [4.69, 9.17) is 15.2 Å². The molecule has 1 fully saturated rings. The number of rotatable bonds is 5.